The Kier molecular flexibility index (Phi) is 4.04. The van der Waals surface area contributed by atoms with E-state index in [1.54, 1.807) is 11.3 Å². The Morgan fingerprint density at radius 1 is 1.64 bits per heavy atom. The fourth-order valence-electron chi connectivity index (χ4n) is 1.08. The van der Waals surface area contributed by atoms with Crippen LogP contribution in [0.4, 0.5) is 0 Å². The number of hydrogen-bond acceptors (Lipinski definition) is 4. The van der Waals surface area contributed by atoms with Crippen LogP contribution in [0, 0.1) is 6.92 Å². The van der Waals surface area contributed by atoms with Crippen molar-refractivity contribution in [1.29, 1.82) is 0 Å². The van der Waals surface area contributed by atoms with Gasteiger partial charge in [-0.2, -0.15) is 0 Å². The van der Waals surface area contributed by atoms with Gasteiger partial charge >= 0.3 is 0 Å². The molecule has 0 saturated carbocycles. The minimum Gasteiger partial charge on any atom is -0.324 e. The second kappa shape index (κ2) is 4.87. The summed E-state index contributed by atoms with van der Waals surface area (Å²) in [5.74, 6) is 0. The van der Waals surface area contributed by atoms with E-state index in [4.69, 9.17) is 5.73 Å². The maximum absolute atomic E-state index is 6.02. The van der Waals surface area contributed by atoms with Gasteiger partial charge in [0.25, 0.3) is 0 Å². The summed E-state index contributed by atoms with van der Waals surface area (Å²) in [4.78, 5) is 5.50. The lowest BCUT2D eigenvalue weighted by Gasteiger charge is -2.22. The number of nitrogens with two attached hydrogens (primary N) is 1. The minimum atomic E-state index is -0.0986. The lowest BCUT2D eigenvalue weighted by molar-refractivity contribution is 0.416. The molecule has 80 valence electrons. The van der Waals surface area contributed by atoms with Gasteiger partial charge in [0.15, 0.2) is 0 Å². The van der Waals surface area contributed by atoms with Crippen molar-refractivity contribution in [3.05, 3.63) is 16.1 Å². The van der Waals surface area contributed by atoms with Gasteiger partial charge in [0.2, 0.25) is 0 Å². The van der Waals surface area contributed by atoms with Crippen LogP contribution in [-0.4, -0.2) is 17.1 Å². The maximum Gasteiger partial charge on any atom is 0.0798 e. The number of aryl methyl sites for hydroxylation is 1. The predicted octanol–water partition coefficient (Wildman–Crippen LogP) is 1.67. The van der Waals surface area contributed by atoms with Crippen LogP contribution in [0.5, 0.6) is 0 Å². The maximum atomic E-state index is 6.02. The van der Waals surface area contributed by atoms with E-state index >= 15 is 0 Å². The molecular weight excluding hydrogens is 194 g/mol. The van der Waals surface area contributed by atoms with E-state index in [2.05, 4.69) is 24.1 Å². The van der Waals surface area contributed by atoms with E-state index in [9.17, 15) is 0 Å². The summed E-state index contributed by atoms with van der Waals surface area (Å²) in [5.41, 5.74) is 8.93. The second-order valence-corrected chi connectivity index (χ2v) is 4.91. The molecule has 0 bridgehead atoms. The monoisotopic (exact) mass is 213 g/mol. The number of hydrogen-bond donors (Lipinski definition) is 2. The molecule has 0 aliphatic carbocycles. The second-order valence-electron chi connectivity index (χ2n) is 3.97. The van der Waals surface area contributed by atoms with Gasteiger partial charge in [-0.3, -0.25) is 0 Å². The van der Waals surface area contributed by atoms with Crippen LogP contribution in [0.15, 0.2) is 5.51 Å². The van der Waals surface area contributed by atoms with Gasteiger partial charge in [0, 0.05) is 23.5 Å². The van der Waals surface area contributed by atoms with E-state index in [1.165, 1.54) is 4.88 Å². The lowest BCUT2D eigenvalue weighted by atomic mass is 10.0. The molecular formula is C10H19N3S. The molecule has 1 atom stereocenters. The molecule has 0 fully saturated rings. The average Bonchev–Trinajstić information content (AvgIpc) is 2.52. The number of nitrogens with zero attached hydrogens (tertiary/aromatic N) is 1. The van der Waals surface area contributed by atoms with Crippen molar-refractivity contribution in [3.8, 4) is 0 Å². The highest BCUT2D eigenvalue weighted by Gasteiger charge is 2.14. The number of thiazole rings is 1. The van der Waals surface area contributed by atoms with Crippen molar-refractivity contribution in [1.82, 2.24) is 10.3 Å². The molecule has 0 saturated heterocycles. The highest BCUT2D eigenvalue weighted by molar-refractivity contribution is 7.09. The molecule has 14 heavy (non-hydrogen) atoms. The van der Waals surface area contributed by atoms with Gasteiger partial charge in [0.1, 0.15) is 0 Å². The van der Waals surface area contributed by atoms with Gasteiger partial charge in [0.05, 0.1) is 11.2 Å². The van der Waals surface area contributed by atoms with E-state index in [-0.39, 0.29) is 5.54 Å². The Morgan fingerprint density at radius 3 is 2.86 bits per heavy atom. The fraction of sp³-hybridized carbons (Fsp3) is 0.700. The Morgan fingerprint density at radius 2 is 2.36 bits per heavy atom. The lowest BCUT2D eigenvalue weighted by Crippen LogP contribution is -2.45. The van der Waals surface area contributed by atoms with Gasteiger partial charge in [-0.1, -0.05) is 6.92 Å². The summed E-state index contributed by atoms with van der Waals surface area (Å²) in [5, 5.41) is 3.37. The van der Waals surface area contributed by atoms with Crippen LogP contribution in [0.1, 0.15) is 30.8 Å². The molecule has 0 aromatic carbocycles. The highest BCUT2D eigenvalue weighted by atomic mass is 32.1. The quantitative estimate of drug-likeness (QED) is 0.782. The zero-order chi connectivity index (χ0) is 10.6. The molecule has 1 aromatic rings. The first kappa shape index (κ1) is 11.6. The Hall–Kier alpha value is -0.450. The Bertz CT molecular complexity index is 281. The van der Waals surface area contributed by atoms with Crippen LogP contribution in [0.2, 0.25) is 0 Å². The summed E-state index contributed by atoms with van der Waals surface area (Å²) >= 11 is 1.69. The zero-order valence-corrected chi connectivity index (χ0v) is 9.95. The standard InChI is InChI=1S/C10H19N3S/c1-4-10(3,11)6-12-5-9-8(2)13-7-14-9/h7,12H,4-6,11H2,1-3H3. The zero-order valence-electron chi connectivity index (χ0n) is 9.13. The molecule has 0 aliphatic heterocycles. The highest BCUT2D eigenvalue weighted by Crippen LogP contribution is 2.11. The fourth-order valence-corrected chi connectivity index (χ4v) is 1.83. The van der Waals surface area contributed by atoms with Crippen molar-refractivity contribution < 1.29 is 0 Å². The summed E-state index contributed by atoms with van der Waals surface area (Å²) < 4.78 is 0. The van der Waals surface area contributed by atoms with Crippen molar-refractivity contribution in [2.24, 2.45) is 5.73 Å². The Labute approximate surface area is 89.7 Å². The van der Waals surface area contributed by atoms with E-state index in [0.29, 0.717) is 0 Å². The third-order valence-electron chi connectivity index (χ3n) is 2.47. The van der Waals surface area contributed by atoms with Gasteiger partial charge in [-0.15, -0.1) is 11.3 Å². The van der Waals surface area contributed by atoms with Crippen LogP contribution in [0.3, 0.4) is 0 Å². The third kappa shape index (κ3) is 3.36. The SMILES string of the molecule is CCC(C)(N)CNCc1scnc1C. The summed E-state index contributed by atoms with van der Waals surface area (Å²) in [6, 6.07) is 0. The van der Waals surface area contributed by atoms with Crippen molar-refractivity contribution >= 4 is 11.3 Å². The van der Waals surface area contributed by atoms with Crippen LogP contribution >= 0.6 is 11.3 Å². The van der Waals surface area contributed by atoms with Crippen LogP contribution in [0.25, 0.3) is 0 Å². The topological polar surface area (TPSA) is 50.9 Å². The third-order valence-corrected chi connectivity index (χ3v) is 3.40. The van der Waals surface area contributed by atoms with Crippen molar-refractivity contribution in [2.45, 2.75) is 39.3 Å². The van der Waals surface area contributed by atoms with E-state index in [1.807, 2.05) is 12.4 Å². The molecule has 1 heterocycles. The largest absolute Gasteiger partial charge is 0.324 e. The summed E-state index contributed by atoms with van der Waals surface area (Å²) in [7, 11) is 0. The molecule has 0 spiro atoms. The van der Waals surface area contributed by atoms with Gasteiger partial charge < -0.3 is 11.1 Å². The molecule has 0 radical (unpaired) electrons. The number of rotatable bonds is 5. The average molecular weight is 213 g/mol. The Balaban J connectivity index is 2.32. The van der Waals surface area contributed by atoms with Crippen LogP contribution < -0.4 is 11.1 Å². The molecule has 0 amide bonds. The first-order valence-electron chi connectivity index (χ1n) is 4.94. The molecule has 0 aliphatic rings. The van der Waals surface area contributed by atoms with Crippen molar-refractivity contribution in [3.63, 3.8) is 0 Å². The minimum absolute atomic E-state index is 0.0986. The van der Waals surface area contributed by atoms with Crippen LogP contribution in [-0.2, 0) is 6.54 Å². The number of aromatic nitrogens is 1. The molecule has 1 unspecified atom stereocenters. The molecule has 1 rings (SSSR count). The van der Waals surface area contributed by atoms with Crippen molar-refractivity contribution in [2.75, 3.05) is 6.54 Å². The van der Waals surface area contributed by atoms with E-state index < -0.39 is 0 Å². The molecule has 3 N–H and O–H groups in total. The smallest absolute Gasteiger partial charge is 0.0798 e. The first-order chi connectivity index (χ1) is 6.55. The molecule has 3 nitrogen and oxygen atoms in total. The normalized spacial score (nSPS) is 15.4. The predicted molar refractivity (Wildman–Crippen MR) is 61.4 cm³/mol. The molecule has 1 aromatic heterocycles. The van der Waals surface area contributed by atoms with Gasteiger partial charge in [-0.25, -0.2) is 4.98 Å². The summed E-state index contributed by atoms with van der Waals surface area (Å²) in [6.07, 6.45) is 0.988. The summed E-state index contributed by atoms with van der Waals surface area (Å²) in [6.45, 7) is 7.94. The number of nitrogens with one attached hydrogen (secondary N) is 1. The van der Waals surface area contributed by atoms with E-state index in [0.717, 1.165) is 25.2 Å². The first-order valence-corrected chi connectivity index (χ1v) is 5.81. The molecule has 4 heteroatoms. The van der Waals surface area contributed by atoms with Gasteiger partial charge in [-0.05, 0) is 20.3 Å².